The van der Waals surface area contributed by atoms with E-state index in [2.05, 4.69) is 5.10 Å². The molecule has 3 heterocycles. The van der Waals surface area contributed by atoms with Crippen LogP contribution in [-0.2, 0) is 0 Å². The SMILES string of the molecule is Cc1nn(-c2ccccc2)c2c1C(c1ccc([N+](=O)[O-])o1)C(C#N)=C(N)O2. The van der Waals surface area contributed by atoms with Crippen molar-refractivity contribution in [1.82, 2.24) is 9.78 Å². The number of nitrogens with zero attached hydrogens (tertiary/aromatic N) is 4. The van der Waals surface area contributed by atoms with Gasteiger partial charge < -0.3 is 14.9 Å². The highest BCUT2D eigenvalue weighted by Gasteiger charge is 2.38. The van der Waals surface area contributed by atoms with Crippen LogP contribution < -0.4 is 10.5 Å². The number of rotatable bonds is 3. The third-order valence-corrected chi connectivity index (χ3v) is 4.31. The van der Waals surface area contributed by atoms with E-state index in [9.17, 15) is 15.4 Å². The van der Waals surface area contributed by atoms with Crippen LogP contribution in [-0.4, -0.2) is 14.7 Å². The Kier molecular flexibility index (Phi) is 3.67. The maximum Gasteiger partial charge on any atom is 0.433 e. The predicted molar refractivity (Wildman–Crippen MR) is 93.0 cm³/mol. The fraction of sp³-hybridized carbons (Fsp3) is 0.111. The second-order valence-corrected chi connectivity index (χ2v) is 5.91. The number of hydrogen-bond donors (Lipinski definition) is 1. The Bertz CT molecular complexity index is 1120. The van der Waals surface area contributed by atoms with E-state index in [0.29, 0.717) is 17.1 Å². The number of furan rings is 1. The number of aryl methyl sites for hydroxylation is 1. The number of ether oxygens (including phenoxy) is 1. The first kappa shape index (κ1) is 16.4. The van der Waals surface area contributed by atoms with Gasteiger partial charge in [0, 0.05) is 0 Å². The first-order chi connectivity index (χ1) is 13.0. The van der Waals surface area contributed by atoms with Gasteiger partial charge in [0.1, 0.15) is 22.3 Å². The summed E-state index contributed by atoms with van der Waals surface area (Å²) in [6.45, 7) is 1.77. The van der Waals surface area contributed by atoms with Gasteiger partial charge in [0.15, 0.2) is 0 Å². The molecule has 0 bridgehead atoms. The van der Waals surface area contributed by atoms with E-state index in [1.165, 1.54) is 12.1 Å². The summed E-state index contributed by atoms with van der Waals surface area (Å²) < 4.78 is 12.6. The average molecular weight is 363 g/mol. The van der Waals surface area contributed by atoms with Crippen molar-refractivity contribution < 1.29 is 14.1 Å². The number of nitriles is 1. The Hall–Kier alpha value is -4.06. The van der Waals surface area contributed by atoms with Crippen LogP contribution in [0.15, 0.2) is 58.3 Å². The van der Waals surface area contributed by atoms with Crippen molar-refractivity contribution in [1.29, 1.82) is 5.26 Å². The van der Waals surface area contributed by atoms with Crippen molar-refractivity contribution in [3.63, 3.8) is 0 Å². The molecule has 2 aromatic heterocycles. The first-order valence-electron chi connectivity index (χ1n) is 7.98. The molecule has 0 radical (unpaired) electrons. The molecule has 4 rings (SSSR count). The largest absolute Gasteiger partial charge is 0.433 e. The molecule has 0 amide bonds. The minimum absolute atomic E-state index is 0.0915. The Balaban J connectivity index is 1.94. The molecule has 1 aromatic carbocycles. The van der Waals surface area contributed by atoms with Crippen molar-refractivity contribution in [2.45, 2.75) is 12.8 Å². The summed E-state index contributed by atoms with van der Waals surface area (Å²) in [6, 6.07) is 14.0. The van der Waals surface area contributed by atoms with Crippen molar-refractivity contribution in [2.75, 3.05) is 0 Å². The lowest BCUT2D eigenvalue weighted by atomic mass is 9.88. The van der Waals surface area contributed by atoms with Gasteiger partial charge in [0.2, 0.25) is 11.8 Å². The minimum Gasteiger partial charge on any atom is -0.422 e. The van der Waals surface area contributed by atoms with Crippen LogP contribution in [0.4, 0.5) is 5.88 Å². The summed E-state index contributed by atoms with van der Waals surface area (Å²) in [5.41, 5.74) is 8.01. The second kappa shape index (κ2) is 6.03. The van der Waals surface area contributed by atoms with Gasteiger partial charge >= 0.3 is 5.88 Å². The monoisotopic (exact) mass is 363 g/mol. The molecule has 0 spiro atoms. The third kappa shape index (κ3) is 2.51. The molecule has 2 N–H and O–H groups in total. The fourth-order valence-electron chi connectivity index (χ4n) is 3.14. The van der Waals surface area contributed by atoms with Crippen LogP contribution in [0.5, 0.6) is 5.88 Å². The topological polar surface area (TPSA) is 133 Å². The lowest BCUT2D eigenvalue weighted by Gasteiger charge is -2.22. The zero-order valence-corrected chi connectivity index (χ0v) is 14.1. The van der Waals surface area contributed by atoms with E-state index in [4.69, 9.17) is 14.9 Å². The van der Waals surface area contributed by atoms with Crippen molar-refractivity contribution >= 4 is 5.88 Å². The van der Waals surface area contributed by atoms with Crippen molar-refractivity contribution in [3.05, 3.63) is 81.1 Å². The summed E-state index contributed by atoms with van der Waals surface area (Å²) in [5.74, 6) is -0.682. The molecule has 27 heavy (non-hydrogen) atoms. The van der Waals surface area contributed by atoms with Gasteiger partial charge in [-0.2, -0.15) is 10.4 Å². The molecular formula is C18H13N5O4. The maximum atomic E-state index is 11.0. The number of hydrogen-bond acceptors (Lipinski definition) is 7. The van der Waals surface area contributed by atoms with Crippen LogP contribution in [0.2, 0.25) is 0 Å². The van der Waals surface area contributed by atoms with Gasteiger partial charge in [0.25, 0.3) is 0 Å². The van der Waals surface area contributed by atoms with E-state index in [0.717, 1.165) is 5.69 Å². The normalized spacial score (nSPS) is 15.8. The van der Waals surface area contributed by atoms with Crippen LogP contribution >= 0.6 is 0 Å². The molecule has 0 fully saturated rings. The summed E-state index contributed by atoms with van der Waals surface area (Å²) in [4.78, 5) is 10.3. The van der Waals surface area contributed by atoms with Crippen molar-refractivity contribution in [2.24, 2.45) is 5.73 Å². The number of nitro groups is 1. The zero-order valence-electron chi connectivity index (χ0n) is 14.1. The number of benzene rings is 1. The number of fused-ring (bicyclic) bond motifs is 1. The zero-order chi connectivity index (χ0) is 19.1. The Morgan fingerprint density at radius 3 is 2.67 bits per heavy atom. The molecule has 3 aromatic rings. The maximum absolute atomic E-state index is 11.0. The molecule has 0 aliphatic carbocycles. The summed E-state index contributed by atoms with van der Waals surface area (Å²) in [7, 11) is 0. The van der Waals surface area contributed by atoms with Crippen molar-refractivity contribution in [3.8, 4) is 17.6 Å². The Labute approximate surface area is 153 Å². The Morgan fingerprint density at radius 2 is 2.04 bits per heavy atom. The minimum atomic E-state index is -0.745. The van der Waals surface area contributed by atoms with Gasteiger partial charge in [-0.25, -0.2) is 4.68 Å². The van der Waals surface area contributed by atoms with E-state index >= 15 is 0 Å². The fourth-order valence-corrected chi connectivity index (χ4v) is 3.14. The van der Waals surface area contributed by atoms with E-state index < -0.39 is 16.7 Å². The van der Waals surface area contributed by atoms with E-state index in [-0.39, 0.29) is 17.2 Å². The van der Waals surface area contributed by atoms with Crippen LogP contribution in [0.25, 0.3) is 5.69 Å². The summed E-state index contributed by atoms with van der Waals surface area (Å²) >= 11 is 0. The molecule has 0 saturated heterocycles. The summed E-state index contributed by atoms with van der Waals surface area (Å²) in [5, 5.41) is 25.1. The second-order valence-electron chi connectivity index (χ2n) is 5.91. The number of nitrogens with two attached hydrogens (primary N) is 1. The number of aromatic nitrogens is 2. The lowest BCUT2D eigenvalue weighted by molar-refractivity contribution is -0.402. The van der Waals surface area contributed by atoms with E-state index in [1.807, 2.05) is 36.4 Å². The summed E-state index contributed by atoms with van der Waals surface area (Å²) in [6.07, 6.45) is 0. The molecule has 1 aliphatic heterocycles. The standard InChI is InChI=1S/C18H13N5O4/c1-10-15-16(13-7-8-14(26-13)23(24)25)12(9-19)17(20)27-18(15)22(21-10)11-5-3-2-4-6-11/h2-8,16H,20H2,1H3. The highest BCUT2D eigenvalue weighted by Crippen LogP contribution is 2.45. The average Bonchev–Trinajstić information content (AvgIpc) is 3.27. The third-order valence-electron chi connectivity index (χ3n) is 4.31. The van der Waals surface area contributed by atoms with Crippen LogP contribution in [0.1, 0.15) is 22.9 Å². The molecule has 0 saturated carbocycles. The van der Waals surface area contributed by atoms with Gasteiger partial charge in [-0.05, 0) is 25.1 Å². The molecule has 1 atom stereocenters. The van der Waals surface area contributed by atoms with Gasteiger partial charge in [0.05, 0.1) is 28.9 Å². The predicted octanol–water partition coefficient (Wildman–Crippen LogP) is 2.90. The highest BCUT2D eigenvalue weighted by atomic mass is 16.6. The first-order valence-corrected chi connectivity index (χ1v) is 7.98. The highest BCUT2D eigenvalue weighted by molar-refractivity contribution is 5.56. The molecule has 134 valence electrons. The molecule has 9 nitrogen and oxygen atoms in total. The smallest absolute Gasteiger partial charge is 0.422 e. The van der Waals surface area contributed by atoms with E-state index in [1.54, 1.807) is 11.6 Å². The van der Waals surface area contributed by atoms with Gasteiger partial charge in [-0.3, -0.25) is 10.1 Å². The molecule has 1 unspecified atom stereocenters. The number of allylic oxidation sites excluding steroid dienone is 1. The molecule has 9 heteroatoms. The lowest BCUT2D eigenvalue weighted by Crippen LogP contribution is -2.21. The van der Waals surface area contributed by atoms with Gasteiger partial charge in [-0.15, -0.1) is 0 Å². The molecular weight excluding hydrogens is 350 g/mol. The number of para-hydroxylation sites is 1. The quantitative estimate of drug-likeness (QED) is 0.558. The molecule has 1 aliphatic rings. The Morgan fingerprint density at radius 1 is 1.30 bits per heavy atom. The van der Waals surface area contributed by atoms with Gasteiger partial charge in [-0.1, -0.05) is 18.2 Å². The van der Waals surface area contributed by atoms with Crippen LogP contribution in [0.3, 0.4) is 0 Å². The van der Waals surface area contributed by atoms with Crippen LogP contribution in [0, 0.1) is 28.4 Å².